The fourth-order valence-electron chi connectivity index (χ4n) is 2.88. The van der Waals surface area contributed by atoms with Crippen LogP contribution >= 0.6 is 0 Å². The van der Waals surface area contributed by atoms with Crippen LogP contribution in [0, 0.1) is 0 Å². The van der Waals surface area contributed by atoms with Gasteiger partial charge in [-0.3, -0.25) is 5.10 Å². The predicted octanol–water partition coefficient (Wildman–Crippen LogP) is 3.32. The molecule has 0 fully saturated rings. The number of aromatic nitrogens is 3. The van der Waals surface area contributed by atoms with Gasteiger partial charge in [-0.05, 0) is 49.1 Å². The minimum absolute atomic E-state index is 0.400. The number of guanidine groups is 1. The van der Waals surface area contributed by atoms with Crippen LogP contribution in [0.5, 0.6) is 5.75 Å². The normalized spacial score (nSPS) is 12.6. The molecule has 3 N–H and O–H groups in total. The van der Waals surface area contributed by atoms with Gasteiger partial charge in [-0.2, -0.15) is 0 Å². The van der Waals surface area contributed by atoms with Gasteiger partial charge in [0.15, 0.2) is 11.7 Å². The van der Waals surface area contributed by atoms with Gasteiger partial charge in [0.25, 0.3) is 0 Å². The maximum atomic E-state index is 5.31. The summed E-state index contributed by atoms with van der Waals surface area (Å²) in [6.45, 7) is 6.26. The van der Waals surface area contributed by atoms with Crippen molar-refractivity contribution in [1.29, 1.82) is 0 Å². The molecule has 154 valence electrons. The predicted molar refractivity (Wildman–Crippen MR) is 113 cm³/mol. The number of rotatable bonds is 9. The van der Waals surface area contributed by atoms with Crippen LogP contribution in [-0.4, -0.2) is 41.3 Å². The van der Waals surface area contributed by atoms with Crippen molar-refractivity contribution in [3.63, 3.8) is 0 Å². The Balaban J connectivity index is 1.51. The fraction of sp³-hybridized carbons (Fsp3) is 0.381. The van der Waals surface area contributed by atoms with Crippen LogP contribution in [0.15, 0.2) is 52.1 Å². The molecule has 8 heteroatoms. The number of ether oxygens (including phenoxy) is 1. The molecule has 0 amide bonds. The van der Waals surface area contributed by atoms with Crippen LogP contribution in [-0.2, 0) is 6.54 Å². The lowest BCUT2D eigenvalue weighted by Crippen LogP contribution is -2.38. The molecule has 0 spiro atoms. The summed E-state index contributed by atoms with van der Waals surface area (Å²) in [5, 5.41) is 13.7. The van der Waals surface area contributed by atoms with Gasteiger partial charge in [-0.15, -0.1) is 5.10 Å². The maximum Gasteiger partial charge on any atom is 0.216 e. The number of hydrogen-bond acceptors (Lipinski definition) is 5. The smallest absolute Gasteiger partial charge is 0.216 e. The third-order valence-corrected chi connectivity index (χ3v) is 4.56. The number of methoxy groups -OCH3 is 1. The maximum absolute atomic E-state index is 5.31. The average molecular weight is 396 g/mol. The SMILES string of the molecule is CCNC(=NCc1nc(-c2ccco2)n[nH]1)NCCC(C)c1ccc(OC)cc1. The Bertz CT molecular complexity index is 886. The molecule has 29 heavy (non-hydrogen) atoms. The molecule has 0 aliphatic carbocycles. The van der Waals surface area contributed by atoms with E-state index in [1.54, 1.807) is 13.4 Å². The minimum Gasteiger partial charge on any atom is -0.497 e. The zero-order valence-corrected chi connectivity index (χ0v) is 17.1. The minimum atomic E-state index is 0.400. The lowest BCUT2D eigenvalue weighted by atomic mass is 9.98. The Labute approximate surface area is 170 Å². The summed E-state index contributed by atoms with van der Waals surface area (Å²) in [5.41, 5.74) is 1.29. The molecule has 0 bridgehead atoms. The summed E-state index contributed by atoms with van der Waals surface area (Å²) in [5.74, 6) is 3.91. The van der Waals surface area contributed by atoms with Crippen molar-refractivity contribution in [2.24, 2.45) is 4.99 Å². The quantitative estimate of drug-likeness (QED) is 0.379. The fourth-order valence-corrected chi connectivity index (χ4v) is 2.88. The molecule has 3 rings (SSSR count). The van der Waals surface area contributed by atoms with Crippen LogP contribution in [0.2, 0.25) is 0 Å². The summed E-state index contributed by atoms with van der Waals surface area (Å²) < 4.78 is 10.5. The number of aliphatic imine (C=N–C) groups is 1. The second-order valence-electron chi connectivity index (χ2n) is 6.67. The summed E-state index contributed by atoms with van der Waals surface area (Å²) in [6.07, 6.45) is 2.59. The zero-order chi connectivity index (χ0) is 20.5. The number of nitrogens with one attached hydrogen (secondary N) is 3. The van der Waals surface area contributed by atoms with E-state index in [1.807, 2.05) is 31.2 Å². The van der Waals surface area contributed by atoms with Crippen LogP contribution in [0.25, 0.3) is 11.6 Å². The van der Waals surface area contributed by atoms with Gasteiger partial charge in [-0.25, -0.2) is 9.98 Å². The van der Waals surface area contributed by atoms with Crippen molar-refractivity contribution in [1.82, 2.24) is 25.8 Å². The molecule has 0 aliphatic heterocycles. The van der Waals surface area contributed by atoms with Crippen molar-refractivity contribution in [3.05, 3.63) is 54.0 Å². The highest BCUT2D eigenvalue weighted by atomic mass is 16.5. The Morgan fingerprint density at radius 2 is 2.07 bits per heavy atom. The standard InChI is InChI=1S/C21H28N6O2/c1-4-22-21(23-12-11-15(2)16-7-9-17(28-3)10-8-16)24-14-19-25-20(27-26-19)18-6-5-13-29-18/h5-10,13,15H,4,11-12,14H2,1-3H3,(H2,22,23,24)(H,25,26,27). The van der Waals surface area contributed by atoms with Crippen molar-refractivity contribution in [2.45, 2.75) is 32.7 Å². The van der Waals surface area contributed by atoms with Crippen molar-refractivity contribution >= 4 is 5.96 Å². The number of furan rings is 1. The highest BCUT2D eigenvalue weighted by molar-refractivity contribution is 5.79. The van der Waals surface area contributed by atoms with E-state index in [9.17, 15) is 0 Å². The number of H-pyrrole nitrogens is 1. The molecule has 8 nitrogen and oxygen atoms in total. The first-order valence-corrected chi connectivity index (χ1v) is 9.81. The average Bonchev–Trinajstić information content (AvgIpc) is 3.43. The molecule has 1 atom stereocenters. The summed E-state index contributed by atoms with van der Waals surface area (Å²) in [4.78, 5) is 9.00. The van der Waals surface area contributed by atoms with Crippen molar-refractivity contribution in [2.75, 3.05) is 20.2 Å². The van der Waals surface area contributed by atoms with Crippen LogP contribution < -0.4 is 15.4 Å². The Kier molecular flexibility index (Phi) is 7.27. The van der Waals surface area contributed by atoms with E-state index in [4.69, 9.17) is 9.15 Å². The highest BCUT2D eigenvalue weighted by Crippen LogP contribution is 2.21. The largest absolute Gasteiger partial charge is 0.497 e. The molecule has 2 aromatic heterocycles. The Morgan fingerprint density at radius 3 is 2.76 bits per heavy atom. The Hall–Kier alpha value is -3.29. The molecular weight excluding hydrogens is 368 g/mol. The molecule has 0 saturated heterocycles. The number of hydrogen-bond donors (Lipinski definition) is 3. The van der Waals surface area contributed by atoms with E-state index >= 15 is 0 Å². The second-order valence-corrected chi connectivity index (χ2v) is 6.67. The summed E-state index contributed by atoms with van der Waals surface area (Å²) in [6, 6.07) is 11.9. The molecule has 1 unspecified atom stereocenters. The van der Waals surface area contributed by atoms with Crippen molar-refractivity contribution < 1.29 is 9.15 Å². The first-order chi connectivity index (χ1) is 14.2. The molecule has 0 saturated carbocycles. The second kappa shape index (κ2) is 10.3. The van der Waals surface area contributed by atoms with E-state index in [1.165, 1.54) is 5.56 Å². The van der Waals surface area contributed by atoms with Gasteiger partial charge in [0.1, 0.15) is 18.1 Å². The lowest BCUT2D eigenvalue weighted by Gasteiger charge is -2.15. The van der Waals surface area contributed by atoms with E-state index in [0.717, 1.165) is 31.2 Å². The number of aromatic amines is 1. The van der Waals surface area contributed by atoms with Gasteiger partial charge in [-0.1, -0.05) is 19.1 Å². The molecular formula is C21H28N6O2. The summed E-state index contributed by atoms with van der Waals surface area (Å²) >= 11 is 0. The molecule has 1 aromatic carbocycles. The number of nitrogens with zero attached hydrogens (tertiary/aromatic N) is 3. The molecule has 2 heterocycles. The van der Waals surface area contributed by atoms with Gasteiger partial charge in [0.05, 0.1) is 13.4 Å². The number of benzene rings is 1. The van der Waals surface area contributed by atoms with E-state index < -0.39 is 0 Å². The highest BCUT2D eigenvalue weighted by Gasteiger charge is 2.09. The topological polar surface area (TPSA) is 100 Å². The third-order valence-electron chi connectivity index (χ3n) is 4.56. The molecule has 0 radical (unpaired) electrons. The van der Waals surface area contributed by atoms with E-state index in [-0.39, 0.29) is 0 Å². The first kappa shape index (κ1) is 20.4. The van der Waals surface area contributed by atoms with Crippen LogP contribution in [0.1, 0.15) is 37.6 Å². The van der Waals surface area contributed by atoms with Crippen LogP contribution in [0.4, 0.5) is 0 Å². The third kappa shape index (κ3) is 5.84. The van der Waals surface area contributed by atoms with Gasteiger partial charge >= 0.3 is 0 Å². The summed E-state index contributed by atoms with van der Waals surface area (Å²) in [7, 11) is 1.68. The van der Waals surface area contributed by atoms with Crippen LogP contribution in [0.3, 0.4) is 0 Å². The van der Waals surface area contributed by atoms with Gasteiger partial charge in [0.2, 0.25) is 5.82 Å². The first-order valence-electron chi connectivity index (χ1n) is 9.81. The van der Waals surface area contributed by atoms with Gasteiger partial charge < -0.3 is 19.8 Å². The Morgan fingerprint density at radius 1 is 1.24 bits per heavy atom. The van der Waals surface area contributed by atoms with E-state index in [0.29, 0.717) is 29.9 Å². The lowest BCUT2D eigenvalue weighted by molar-refractivity contribution is 0.414. The molecule has 3 aromatic rings. The van der Waals surface area contributed by atoms with Crippen molar-refractivity contribution in [3.8, 4) is 17.3 Å². The zero-order valence-electron chi connectivity index (χ0n) is 17.1. The van der Waals surface area contributed by atoms with Gasteiger partial charge in [0, 0.05) is 13.1 Å². The van der Waals surface area contributed by atoms with E-state index in [2.05, 4.69) is 49.9 Å². The monoisotopic (exact) mass is 396 g/mol. The molecule has 0 aliphatic rings.